The highest BCUT2D eigenvalue weighted by molar-refractivity contribution is 7.90. The molecule has 1 N–H and O–H groups in total. The Labute approximate surface area is 143 Å². The molecule has 24 heavy (non-hydrogen) atoms. The van der Waals surface area contributed by atoms with Crippen molar-refractivity contribution in [3.05, 3.63) is 35.9 Å². The van der Waals surface area contributed by atoms with E-state index in [1.54, 1.807) is 0 Å². The van der Waals surface area contributed by atoms with Crippen LogP contribution in [0.1, 0.15) is 25.8 Å². The summed E-state index contributed by atoms with van der Waals surface area (Å²) in [4.78, 5) is 25.7. The summed E-state index contributed by atoms with van der Waals surface area (Å²) >= 11 is 0. The molecule has 1 heterocycles. The first kappa shape index (κ1) is 18.4. The molecule has 1 aromatic carbocycles. The SMILES string of the molecule is CC(C)(Cc1ccccc1)CN1C(=O)N[C@H](CCS(C)(=O)=O)C1=O. The molecule has 1 saturated heterocycles. The lowest BCUT2D eigenvalue weighted by molar-refractivity contribution is -0.128. The minimum atomic E-state index is -3.17. The predicted octanol–water partition coefficient (Wildman–Crippen LogP) is 1.61. The third-order valence-electron chi connectivity index (χ3n) is 4.00. The van der Waals surface area contributed by atoms with E-state index in [1.165, 1.54) is 4.90 Å². The van der Waals surface area contributed by atoms with Crippen molar-refractivity contribution in [2.24, 2.45) is 5.41 Å². The normalized spacial score (nSPS) is 18.8. The lowest BCUT2D eigenvalue weighted by atomic mass is 9.85. The van der Waals surface area contributed by atoms with Gasteiger partial charge in [-0.3, -0.25) is 9.69 Å². The summed E-state index contributed by atoms with van der Waals surface area (Å²) in [6.07, 6.45) is 1.97. The summed E-state index contributed by atoms with van der Waals surface area (Å²) in [5, 5.41) is 2.59. The second kappa shape index (κ2) is 6.93. The Morgan fingerprint density at radius 1 is 1.17 bits per heavy atom. The standard InChI is InChI=1S/C17H24N2O4S/c1-17(2,11-13-7-5-4-6-8-13)12-19-15(20)14(18-16(19)21)9-10-24(3,22)23/h4-8,14H,9-12H2,1-3H3,(H,18,21)/t14-/m1/s1. The largest absolute Gasteiger partial charge is 0.326 e. The Bertz CT molecular complexity index is 713. The van der Waals surface area contributed by atoms with Gasteiger partial charge in [-0.15, -0.1) is 0 Å². The zero-order chi connectivity index (χ0) is 18.0. The zero-order valence-corrected chi connectivity index (χ0v) is 15.1. The molecular weight excluding hydrogens is 328 g/mol. The molecule has 1 aromatic rings. The molecule has 1 aliphatic rings. The van der Waals surface area contributed by atoms with Gasteiger partial charge in [0.15, 0.2) is 0 Å². The monoisotopic (exact) mass is 352 g/mol. The van der Waals surface area contributed by atoms with Gasteiger partial charge in [-0.25, -0.2) is 13.2 Å². The highest BCUT2D eigenvalue weighted by Crippen LogP contribution is 2.25. The van der Waals surface area contributed by atoms with Crippen LogP contribution in [0.25, 0.3) is 0 Å². The van der Waals surface area contributed by atoms with E-state index in [2.05, 4.69) is 5.32 Å². The molecular formula is C17H24N2O4S. The van der Waals surface area contributed by atoms with Gasteiger partial charge in [0, 0.05) is 12.8 Å². The maximum atomic E-state index is 12.4. The minimum Gasteiger partial charge on any atom is -0.326 e. The van der Waals surface area contributed by atoms with E-state index < -0.39 is 21.9 Å². The second-order valence-electron chi connectivity index (χ2n) is 7.17. The zero-order valence-electron chi connectivity index (χ0n) is 14.3. The van der Waals surface area contributed by atoms with Gasteiger partial charge < -0.3 is 5.32 Å². The summed E-state index contributed by atoms with van der Waals surface area (Å²) < 4.78 is 22.5. The summed E-state index contributed by atoms with van der Waals surface area (Å²) in [6.45, 7) is 4.30. The number of rotatable bonds is 7. The van der Waals surface area contributed by atoms with Gasteiger partial charge >= 0.3 is 6.03 Å². The minimum absolute atomic E-state index is 0.110. The van der Waals surface area contributed by atoms with Crippen LogP contribution in [0, 0.1) is 5.41 Å². The average molecular weight is 352 g/mol. The lowest BCUT2D eigenvalue weighted by Gasteiger charge is -2.28. The van der Waals surface area contributed by atoms with Crippen molar-refractivity contribution in [2.45, 2.75) is 32.7 Å². The molecule has 6 nitrogen and oxygen atoms in total. The summed E-state index contributed by atoms with van der Waals surface area (Å²) in [5.74, 6) is -0.463. The van der Waals surface area contributed by atoms with Gasteiger partial charge in [0.25, 0.3) is 5.91 Å². The van der Waals surface area contributed by atoms with Crippen LogP contribution in [0.4, 0.5) is 4.79 Å². The van der Waals surface area contributed by atoms with Gasteiger partial charge in [0.2, 0.25) is 0 Å². The molecule has 2 rings (SSSR count). The molecule has 1 fully saturated rings. The van der Waals surface area contributed by atoms with E-state index in [0.29, 0.717) is 6.54 Å². The number of hydrogen-bond donors (Lipinski definition) is 1. The van der Waals surface area contributed by atoms with Crippen LogP contribution in [0.3, 0.4) is 0 Å². The lowest BCUT2D eigenvalue weighted by Crippen LogP contribution is -2.40. The fourth-order valence-corrected chi connectivity index (χ4v) is 3.55. The number of amides is 3. The van der Waals surface area contributed by atoms with Crippen molar-refractivity contribution in [1.82, 2.24) is 10.2 Å². The molecule has 1 aliphatic heterocycles. The number of benzene rings is 1. The van der Waals surface area contributed by atoms with Crippen LogP contribution < -0.4 is 5.32 Å². The molecule has 0 aromatic heterocycles. The summed E-state index contributed by atoms with van der Waals surface area (Å²) in [7, 11) is -3.17. The maximum Gasteiger partial charge on any atom is 0.324 e. The Balaban J connectivity index is 2.01. The molecule has 132 valence electrons. The summed E-state index contributed by atoms with van der Waals surface area (Å²) in [6, 6.07) is 8.70. The van der Waals surface area contributed by atoms with E-state index >= 15 is 0 Å². The topological polar surface area (TPSA) is 83.6 Å². The van der Waals surface area contributed by atoms with Crippen LogP contribution in [0.5, 0.6) is 0 Å². The van der Waals surface area contributed by atoms with E-state index in [4.69, 9.17) is 0 Å². The molecule has 1 atom stereocenters. The molecule has 7 heteroatoms. The van der Waals surface area contributed by atoms with E-state index in [-0.39, 0.29) is 23.5 Å². The molecule has 0 unspecified atom stereocenters. The molecule has 3 amide bonds. The smallest absolute Gasteiger partial charge is 0.324 e. The Morgan fingerprint density at radius 2 is 1.79 bits per heavy atom. The number of hydrogen-bond acceptors (Lipinski definition) is 4. The Hall–Kier alpha value is -1.89. The van der Waals surface area contributed by atoms with Crippen molar-refractivity contribution in [2.75, 3.05) is 18.6 Å². The van der Waals surface area contributed by atoms with Gasteiger partial charge in [-0.2, -0.15) is 0 Å². The fraction of sp³-hybridized carbons (Fsp3) is 0.529. The first-order chi connectivity index (χ1) is 11.1. The second-order valence-corrected chi connectivity index (χ2v) is 9.43. The van der Waals surface area contributed by atoms with Crippen LogP contribution in [-0.4, -0.2) is 49.9 Å². The Kier molecular flexibility index (Phi) is 5.32. The van der Waals surface area contributed by atoms with Gasteiger partial charge in [-0.1, -0.05) is 44.2 Å². The predicted molar refractivity (Wildman–Crippen MR) is 92.3 cm³/mol. The Morgan fingerprint density at radius 3 is 2.38 bits per heavy atom. The number of carbonyl (C=O) groups excluding carboxylic acids is 2. The van der Waals surface area contributed by atoms with Crippen LogP contribution in [-0.2, 0) is 21.1 Å². The molecule has 0 aliphatic carbocycles. The number of nitrogens with zero attached hydrogens (tertiary/aromatic N) is 1. The van der Waals surface area contributed by atoms with Crippen molar-refractivity contribution in [3.8, 4) is 0 Å². The van der Waals surface area contributed by atoms with Crippen molar-refractivity contribution < 1.29 is 18.0 Å². The van der Waals surface area contributed by atoms with Crippen LogP contribution in [0.2, 0.25) is 0 Å². The third kappa shape index (κ3) is 5.06. The van der Waals surface area contributed by atoms with Gasteiger partial charge in [0.1, 0.15) is 15.9 Å². The van der Waals surface area contributed by atoms with E-state index in [0.717, 1.165) is 18.2 Å². The first-order valence-corrected chi connectivity index (χ1v) is 9.97. The maximum absolute atomic E-state index is 12.4. The summed E-state index contributed by atoms with van der Waals surface area (Å²) in [5.41, 5.74) is 0.864. The number of imide groups is 1. The van der Waals surface area contributed by atoms with Crippen molar-refractivity contribution in [3.63, 3.8) is 0 Å². The van der Waals surface area contributed by atoms with Crippen LogP contribution >= 0.6 is 0 Å². The number of nitrogens with one attached hydrogen (secondary N) is 1. The highest BCUT2D eigenvalue weighted by atomic mass is 32.2. The number of urea groups is 1. The van der Waals surface area contributed by atoms with Crippen molar-refractivity contribution >= 4 is 21.8 Å². The van der Waals surface area contributed by atoms with E-state index in [9.17, 15) is 18.0 Å². The average Bonchev–Trinajstić information content (AvgIpc) is 2.72. The van der Waals surface area contributed by atoms with Gasteiger partial charge in [0.05, 0.1) is 5.75 Å². The number of carbonyl (C=O) groups is 2. The van der Waals surface area contributed by atoms with E-state index in [1.807, 2.05) is 44.2 Å². The number of sulfone groups is 1. The van der Waals surface area contributed by atoms with Gasteiger partial charge in [-0.05, 0) is 23.8 Å². The highest BCUT2D eigenvalue weighted by Gasteiger charge is 2.40. The third-order valence-corrected chi connectivity index (χ3v) is 4.97. The first-order valence-electron chi connectivity index (χ1n) is 7.91. The van der Waals surface area contributed by atoms with Crippen LogP contribution in [0.15, 0.2) is 30.3 Å². The molecule has 0 saturated carbocycles. The molecule has 0 spiro atoms. The fourth-order valence-electron chi connectivity index (χ4n) is 2.89. The molecule has 0 radical (unpaired) electrons. The van der Waals surface area contributed by atoms with Crippen molar-refractivity contribution in [1.29, 1.82) is 0 Å². The quantitative estimate of drug-likeness (QED) is 0.756. The molecule has 0 bridgehead atoms.